The summed E-state index contributed by atoms with van der Waals surface area (Å²) < 4.78 is 12.5. The van der Waals surface area contributed by atoms with Crippen LogP contribution in [0.4, 0.5) is 11.4 Å². The molecule has 0 aliphatic rings. The number of nitrogens with two attached hydrogens (primary N) is 1. The zero-order chi connectivity index (χ0) is 30.8. The molecule has 0 atom stereocenters. The van der Waals surface area contributed by atoms with E-state index in [0.29, 0.717) is 17.7 Å². The third-order valence-corrected chi connectivity index (χ3v) is 16.2. The van der Waals surface area contributed by atoms with Crippen LogP contribution in [0, 0.1) is 10.1 Å². The summed E-state index contributed by atoms with van der Waals surface area (Å²) >= 11 is 0. The van der Waals surface area contributed by atoms with Crippen LogP contribution in [0.15, 0.2) is 36.4 Å². The van der Waals surface area contributed by atoms with Crippen molar-refractivity contribution in [3.05, 3.63) is 57.6 Å². The molecule has 3 N–H and O–H groups in total. The second-order valence-corrected chi connectivity index (χ2v) is 22.0. The number of hydrogen-bond acceptors (Lipinski definition) is 6. The molecule has 0 saturated heterocycles. The van der Waals surface area contributed by atoms with Crippen molar-refractivity contribution in [2.45, 2.75) is 119 Å². The molecular formula is C31H58N2O5Si2. The SMILES string of the molecule is C.CCO.CCc1c(N)cccc1O[Si](C)(C)C(C)(C)C.CCc1c(O[Si](C)(C)C(C)(C)C)cccc1[N+](=O)[O-]. The molecule has 0 aliphatic carbocycles. The molecule has 0 amide bonds. The van der Waals surface area contributed by atoms with Gasteiger partial charge in [0.15, 0.2) is 0 Å². The van der Waals surface area contributed by atoms with E-state index in [-0.39, 0.29) is 34.7 Å². The molecule has 0 radical (unpaired) electrons. The lowest BCUT2D eigenvalue weighted by Crippen LogP contribution is -2.44. The van der Waals surface area contributed by atoms with Gasteiger partial charge in [0.1, 0.15) is 11.5 Å². The van der Waals surface area contributed by atoms with Crippen molar-refractivity contribution in [2.24, 2.45) is 0 Å². The summed E-state index contributed by atoms with van der Waals surface area (Å²) in [6.45, 7) is 28.0. The number of anilines is 1. The van der Waals surface area contributed by atoms with Crippen molar-refractivity contribution < 1.29 is 18.9 Å². The minimum atomic E-state index is -1.97. The minimum absolute atomic E-state index is 0. The van der Waals surface area contributed by atoms with Crippen LogP contribution in [0.1, 0.15) is 80.9 Å². The van der Waals surface area contributed by atoms with Crippen LogP contribution < -0.4 is 14.6 Å². The minimum Gasteiger partial charge on any atom is -0.543 e. The lowest BCUT2D eigenvalue weighted by molar-refractivity contribution is -0.385. The van der Waals surface area contributed by atoms with Gasteiger partial charge in [0.05, 0.1) is 10.5 Å². The first-order valence-electron chi connectivity index (χ1n) is 13.8. The summed E-state index contributed by atoms with van der Waals surface area (Å²) in [5.74, 6) is 1.64. The largest absolute Gasteiger partial charge is 0.543 e. The maximum atomic E-state index is 11.1. The Kier molecular flexibility index (Phi) is 16.1. The monoisotopic (exact) mass is 594 g/mol. The van der Waals surface area contributed by atoms with E-state index in [0.717, 1.165) is 23.4 Å². The molecule has 0 bridgehead atoms. The molecule has 0 aromatic heterocycles. The fourth-order valence-corrected chi connectivity index (χ4v) is 5.18. The van der Waals surface area contributed by atoms with E-state index in [2.05, 4.69) is 74.7 Å². The number of nitro groups is 1. The molecule has 0 unspecified atom stereocenters. The van der Waals surface area contributed by atoms with E-state index >= 15 is 0 Å². The van der Waals surface area contributed by atoms with Crippen LogP contribution >= 0.6 is 0 Å². The Labute approximate surface area is 246 Å². The van der Waals surface area contributed by atoms with Crippen molar-refractivity contribution in [3.63, 3.8) is 0 Å². The Bertz CT molecular complexity index is 1060. The predicted molar refractivity (Wildman–Crippen MR) is 178 cm³/mol. The van der Waals surface area contributed by atoms with Gasteiger partial charge in [-0.05, 0) is 74.2 Å². The number of nitro benzene ring substituents is 1. The Morgan fingerprint density at radius 3 is 1.48 bits per heavy atom. The molecule has 0 aliphatic heterocycles. The van der Waals surface area contributed by atoms with Crippen LogP contribution in [0.3, 0.4) is 0 Å². The molecule has 2 rings (SSSR count). The number of nitrogen functional groups attached to an aromatic ring is 1. The fraction of sp³-hybridized carbons (Fsp3) is 0.613. The smallest absolute Gasteiger partial charge is 0.276 e. The zero-order valence-corrected chi connectivity index (χ0v) is 28.7. The van der Waals surface area contributed by atoms with Gasteiger partial charge in [-0.2, -0.15) is 0 Å². The molecule has 0 saturated carbocycles. The number of aliphatic hydroxyl groups is 1. The average molecular weight is 595 g/mol. The van der Waals surface area contributed by atoms with E-state index in [1.807, 2.05) is 31.2 Å². The summed E-state index contributed by atoms with van der Waals surface area (Å²) in [4.78, 5) is 10.7. The van der Waals surface area contributed by atoms with Crippen LogP contribution in [-0.2, 0) is 12.8 Å². The van der Waals surface area contributed by atoms with Crippen molar-refractivity contribution in [2.75, 3.05) is 12.3 Å². The van der Waals surface area contributed by atoms with E-state index in [1.54, 1.807) is 13.0 Å². The van der Waals surface area contributed by atoms with Crippen molar-refractivity contribution in [1.29, 1.82) is 0 Å². The van der Waals surface area contributed by atoms with Crippen molar-refractivity contribution in [3.8, 4) is 11.5 Å². The molecule has 40 heavy (non-hydrogen) atoms. The third-order valence-electron chi connectivity index (χ3n) is 7.52. The normalized spacial score (nSPS) is 11.7. The molecule has 2 aromatic rings. The average Bonchev–Trinajstić information content (AvgIpc) is 2.78. The van der Waals surface area contributed by atoms with Gasteiger partial charge in [-0.1, -0.05) is 74.9 Å². The topological polar surface area (TPSA) is 108 Å². The van der Waals surface area contributed by atoms with E-state index in [1.165, 1.54) is 6.07 Å². The molecule has 230 valence electrons. The molecule has 0 fully saturated rings. The molecular weight excluding hydrogens is 537 g/mol. The first-order valence-corrected chi connectivity index (χ1v) is 19.6. The van der Waals surface area contributed by atoms with Gasteiger partial charge in [-0.3, -0.25) is 10.1 Å². The van der Waals surface area contributed by atoms with E-state index < -0.39 is 16.6 Å². The highest BCUT2D eigenvalue weighted by molar-refractivity contribution is 6.75. The van der Waals surface area contributed by atoms with E-state index in [4.69, 9.17) is 19.7 Å². The van der Waals surface area contributed by atoms with Crippen LogP contribution in [0.2, 0.25) is 36.3 Å². The highest BCUT2D eigenvalue weighted by atomic mass is 28.4. The Morgan fingerprint density at radius 2 is 1.15 bits per heavy atom. The number of rotatable bonds is 7. The number of nitrogens with zero attached hydrogens (tertiary/aromatic N) is 1. The summed E-state index contributed by atoms with van der Waals surface area (Å²) in [6.07, 6.45) is 1.51. The lowest BCUT2D eigenvalue weighted by atomic mass is 10.1. The molecule has 0 heterocycles. The summed E-state index contributed by atoms with van der Waals surface area (Å²) in [7, 11) is -3.75. The predicted octanol–water partition coefficient (Wildman–Crippen LogP) is 9.39. The summed E-state index contributed by atoms with van der Waals surface area (Å²) in [5, 5.41) is 18.9. The lowest BCUT2D eigenvalue weighted by Gasteiger charge is -2.37. The second kappa shape index (κ2) is 16.2. The molecule has 2 aromatic carbocycles. The number of benzene rings is 2. The van der Waals surface area contributed by atoms with Gasteiger partial charge in [-0.25, -0.2) is 0 Å². The molecule has 7 nitrogen and oxygen atoms in total. The quantitative estimate of drug-likeness (QED) is 0.143. The fourth-order valence-electron chi connectivity index (χ4n) is 3.09. The second-order valence-electron chi connectivity index (χ2n) is 12.6. The standard InChI is InChI=1S/C14H23NO3Si.C14H25NOSi.C2H6O.CH4/c1-7-11-12(15(16)17)9-8-10-13(11)18-19(5,6)14(2,3)4;1-7-11-12(15)9-8-10-13(11)16-17(5,6)14(2,3)4;1-2-3;/h8-10H,7H2,1-6H3;8-10H,7,15H2,1-6H3;3H,2H2,1H3;1H4. The number of aliphatic hydroxyl groups excluding tert-OH is 1. The Morgan fingerprint density at radius 1 is 0.800 bits per heavy atom. The third kappa shape index (κ3) is 11.3. The molecule has 0 spiro atoms. The molecule has 9 heteroatoms. The van der Waals surface area contributed by atoms with Gasteiger partial charge < -0.3 is 19.7 Å². The Hall–Kier alpha value is -2.37. The van der Waals surface area contributed by atoms with Gasteiger partial charge in [0, 0.05) is 23.9 Å². The van der Waals surface area contributed by atoms with Gasteiger partial charge in [-0.15, -0.1) is 0 Å². The maximum absolute atomic E-state index is 11.1. The maximum Gasteiger partial charge on any atom is 0.276 e. The Balaban J connectivity index is 0. The zero-order valence-electron chi connectivity index (χ0n) is 26.7. The van der Waals surface area contributed by atoms with Crippen LogP contribution in [0.5, 0.6) is 11.5 Å². The van der Waals surface area contributed by atoms with Gasteiger partial charge in [0.2, 0.25) is 16.6 Å². The number of hydrogen-bond donors (Lipinski definition) is 2. The highest BCUT2D eigenvalue weighted by Crippen LogP contribution is 2.40. The summed E-state index contributed by atoms with van der Waals surface area (Å²) in [5.41, 5.74) is 8.81. The first-order chi connectivity index (χ1) is 17.7. The van der Waals surface area contributed by atoms with Crippen LogP contribution in [-0.4, -0.2) is 33.3 Å². The van der Waals surface area contributed by atoms with Crippen molar-refractivity contribution in [1.82, 2.24) is 0 Å². The van der Waals surface area contributed by atoms with Crippen molar-refractivity contribution >= 4 is 28.0 Å². The highest BCUT2D eigenvalue weighted by Gasteiger charge is 2.40. The van der Waals surface area contributed by atoms with Crippen LogP contribution in [0.25, 0.3) is 0 Å². The van der Waals surface area contributed by atoms with E-state index in [9.17, 15) is 10.1 Å². The first kappa shape index (κ1) is 39.8. The summed E-state index contributed by atoms with van der Waals surface area (Å²) in [6, 6.07) is 11.0. The van der Waals surface area contributed by atoms with Gasteiger partial charge >= 0.3 is 0 Å². The van der Waals surface area contributed by atoms with Gasteiger partial charge in [0.25, 0.3) is 5.69 Å².